The third-order valence-corrected chi connectivity index (χ3v) is 1.76. The maximum absolute atomic E-state index is 9.00. The molecule has 0 radical (unpaired) electrons. The molecule has 0 unspecified atom stereocenters. The molecule has 0 aliphatic rings. The number of aliphatic carboxylic acids is 3. The number of hydrogen-bond acceptors (Lipinski definition) is 6. The van der Waals surface area contributed by atoms with E-state index in [-0.39, 0.29) is 6.04 Å². The molecule has 9 nitrogen and oxygen atoms in total. The smallest absolute Gasteiger partial charge is 0.481 e. The van der Waals surface area contributed by atoms with E-state index in [1.54, 1.807) is 6.92 Å². The molecule has 0 aromatic carbocycles. The van der Waals surface area contributed by atoms with E-state index in [0.29, 0.717) is 6.42 Å². The van der Waals surface area contributed by atoms with Crippen LogP contribution in [0.5, 0.6) is 0 Å². The fraction of sp³-hybridized carbons (Fsp3) is 0.667. The highest BCUT2D eigenvalue weighted by molar-refractivity contribution is 6.56. The van der Waals surface area contributed by atoms with Crippen molar-refractivity contribution >= 4 is 26.7 Å². The topological polar surface area (TPSA) is 173 Å². The van der Waals surface area contributed by atoms with Crippen molar-refractivity contribution in [2.24, 2.45) is 0 Å². The quantitative estimate of drug-likeness (QED) is 0.370. The lowest BCUT2D eigenvalue weighted by atomic mass is 10.6. The van der Waals surface area contributed by atoms with Gasteiger partial charge in [-0.05, 0) is 0 Å². The summed E-state index contributed by atoms with van der Waals surface area (Å²) in [6, 6.07) is 0.146. The Kier molecular flexibility index (Phi) is 22.7. The van der Waals surface area contributed by atoms with E-state index in [1.165, 1.54) is 0 Å². The minimum atomic E-state index is -3.66. The maximum atomic E-state index is 9.00. The van der Waals surface area contributed by atoms with Crippen molar-refractivity contribution in [3.05, 3.63) is 0 Å². The van der Waals surface area contributed by atoms with Gasteiger partial charge in [0.1, 0.15) is 0 Å². The molecule has 19 heavy (non-hydrogen) atoms. The zero-order chi connectivity index (χ0) is 16.6. The summed E-state index contributed by atoms with van der Waals surface area (Å²) in [5.41, 5.74) is 0. The molecule has 10 heteroatoms. The Balaban J connectivity index is -0.0000000825. The summed E-state index contributed by atoms with van der Waals surface area (Å²) in [5, 5.41) is 22.2. The van der Waals surface area contributed by atoms with E-state index in [0.717, 1.165) is 20.8 Å². The van der Waals surface area contributed by atoms with Crippen LogP contribution in [0.25, 0.3) is 0 Å². The second-order valence-electron chi connectivity index (χ2n) is 3.08. The number of rotatable bonds is 2. The Bertz CT molecular complexity index is 206. The van der Waals surface area contributed by atoms with Crippen LogP contribution < -0.4 is 0 Å². The molecular formula is C9H22O9Si. The predicted molar refractivity (Wildman–Crippen MR) is 67.4 cm³/mol. The van der Waals surface area contributed by atoms with Crippen LogP contribution in [0, 0.1) is 0 Å². The van der Waals surface area contributed by atoms with E-state index in [9.17, 15) is 0 Å². The van der Waals surface area contributed by atoms with Gasteiger partial charge in [0.25, 0.3) is 17.9 Å². The Hall–Kier alpha value is -1.49. The summed E-state index contributed by atoms with van der Waals surface area (Å²) in [5.74, 6) is -2.50. The van der Waals surface area contributed by atoms with Crippen molar-refractivity contribution < 1.29 is 44.1 Å². The van der Waals surface area contributed by atoms with E-state index >= 15 is 0 Å². The molecule has 0 aromatic rings. The molecule has 0 atom stereocenters. The maximum Gasteiger partial charge on any atom is 0.492 e. The van der Waals surface area contributed by atoms with Gasteiger partial charge < -0.3 is 29.7 Å². The van der Waals surface area contributed by atoms with Gasteiger partial charge in [-0.25, -0.2) is 0 Å². The Morgan fingerprint density at radius 1 is 0.789 bits per heavy atom. The normalized spacial score (nSPS) is 8.37. The molecule has 0 saturated carbocycles. The van der Waals surface area contributed by atoms with Crippen LogP contribution in [0.4, 0.5) is 0 Å². The van der Waals surface area contributed by atoms with Crippen LogP contribution in [0.2, 0.25) is 6.04 Å². The average molecular weight is 302 g/mol. The first-order chi connectivity index (χ1) is 8.26. The number of carboxylic acid groups (broad SMARTS) is 3. The summed E-state index contributed by atoms with van der Waals surface area (Å²) < 4.78 is 0. The van der Waals surface area contributed by atoms with Gasteiger partial charge in [-0.2, -0.15) is 0 Å². The van der Waals surface area contributed by atoms with Gasteiger partial charge in [0.2, 0.25) is 0 Å². The van der Waals surface area contributed by atoms with Gasteiger partial charge in [-0.1, -0.05) is 13.3 Å². The zero-order valence-electron chi connectivity index (χ0n) is 11.3. The summed E-state index contributed by atoms with van der Waals surface area (Å²) in [7, 11) is -3.66. The fourth-order valence-corrected chi connectivity index (χ4v) is 1.01. The Morgan fingerprint density at radius 2 is 0.947 bits per heavy atom. The van der Waals surface area contributed by atoms with Gasteiger partial charge in [0, 0.05) is 26.8 Å². The van der Waals surface area contributed by atoms with Crippen molar-refractivity contribution in [3.63, 3.8) is 0 Å². The lowest BCUT2D eigenvalue weighted by Gasteiger charge is -2.04. The molecule has 0 bridgehead atoms. The molecule has 0 aliphatic carbocycles. The molecule has 0 amide bonds. The first-order valence-corrected chi connectivity index (χ1v) is 7.06. The Labute approximate surface area is 112 Å². The molecule has 0 heterocycles. The van der Waals surface area contributed by atoms with E-state index in [2.05, 4.69) is 0 Å². The van der Waals surface area contributed by atoms with E-state index in [1.807, 2.05) is 0 Å². The van der Waals surface area contributed by atoms with E-state index < -0.39 is 26.7 Å². The summed E-state index contributed by atoms with van der Waals surface area (Å²) in [6.07, 6.45) is 0.621. The second kappa shape index (κ2) is 16.5. The number of hydrogen-bond donors (Lipinski definition) is 6. The van der Waals surface area contributed by atoms with Crippen molar-refractivity contribution in [3.8, 4) is 0 Å². The monoisotopic (exact) mass is 302 g/mol. The first-order valence-electron chi connectivity index (χ1n) is 5.01. The predicted octanol–water partition coefficient (Wildman–Crippen LogP) is -0.415. The molecule has 116 valence electrons. The van der Waals surface area contributed by atoms with Crippen LogP contribution >= 0.6 is 0 Å². The van der Waals surface area contributed by atoms with Crippen LogP contribution in [-0.2, 0) is 14.4 Å². The van der Waals surface area contributed by atoms with Crippen LogP contribution in [-0.4, -0.2) is 56.4 Å². The third-order valence-electron chi connectivity index (χ3n) is 0.585. The van der Waals surface area contributed by atoms with Gasteiger partial charge in [-0.3, -0.25) is 14.4 Å². The fourth-order valence-electron chi connectivity index (χ4n) is 0.335. The van der Waals surface area contributed by atoms with Crippen LogP contribution in [0.15, 0.2) is 0 Å². The van der Waals surface area contributed by atoms with Crippen LogP contribution in [0.3, 0.4) is 0 Å². The summed E-state index contributed by atoms with van der Waals surface area (Å²) >= 11 is 0. The zero-order valence-corrected chi connectivity index (χ0v) is 12.3. The van der Waals surface area contributed by atoms with Gasteiger partial charge in [0.15, 0.2) is 0 Å². The molecule has 6 N–H and O–H groups in total. The molecule has 0 spiro atoms. The van der Waals surface area contributed by atoms with Crippen molar-refractivity contribution in [2.45, 2.75) is 40.2 Å². The minimum absolute atomic E-state index is 0.146. The minimum Gasteiger partial charge on any atom is -0.481 e. The van der Waals surface area contributed by atoms with Crippen LogP contribution in [0.1, 0.15) is 34.1 Å². The van der Waals surface area contributed by atoms with Gasteiger partial charge in [0.05, 0.1) is 0 Å². The van der Waals surface area contributed by atoms with Crippen molar-refractivity contribution in [2.75, 3.05) is 0 Å². The first kappa shape index (κ1) is 26.1. The number of carbonyl (C=O) groups is 3. The Morgan fingerprint density at radius 3 is 0.947 bits per heavy atom. The molecule has 0 aliphatic heterocycles. The highest BCUT2D eigenvalue weighted by Crippen LogP contribution is 1.97. The van der Waals surface area contributed by atoms with Crippen molar-refractivity contribution in [1.82, 2.24) is 0 Å². The largest absolute Gasteiger partial charge is 0.492 e. The second-order valence-corrected chi connectivity index (χ2v) is 5.13. The molecule has 0 rings (SSSR count). The highest BCUT2D eigenvalue weighted by Gasteiger charge is 2.24. The van der Waals surface area contributed by atoms with Gasteiger partial charge in [-0.15, -0.1) is 0 Å². The molecule has 0 fully saturated rings. The lowest BCUT2D eigenvalue weighted by Crippen LogP contribution is -2.33. The summed E-state index contributed by atoms with van der Waals surface area (Å²) in [6.45, 7) is 5.03. The summed E-state index contributed by atoms with van der Waals surface area (Å²) in [4.78, 5) is 51.8. The standard InChI is InChI=1S/C3H10O3Si.3C2H4O2/c1-2-3-7(4,5)6;3*1-2(3)4/h4-6H,2-3H2,1H3;3*1H3,(H,3,4). The lowest BCUT2D eigenvalue weighted by molar-refractivity contribution is -0.135. The SMILES string of the molecule is CC(=O)O.CC(=O)O.CC(=O)O.CCC[Si](O)(O)O. The number of carboxylic acids is 3. The molecule has 0 saturated heterocycles. The van der Waals surface area contributed by atoms with Crippen molar-refractivity contribution in [1.29, 1.82) is 0 Å². The highest BCUT2D eigenvalue weighted by atomic mass is 28.4. The molecule has 0 aromatic heterocycles. The van der Waals surface area contributed by atoms with E-state index in [4.69, 9.17) is 44.1 Å². The van der Waals surface area contributed by atoms with Gasteiger partial charge >= 0.3 is 8.80 Å². The average Bonchev–Trinajstić information content (AvgIpc) is 1.96. The molecular weight excluding hydrogens is 280 g/mol. The third kappa shape index (κ3) is 553.